The fraction of sp³-hybridized carbons (Fsp3) is 0.176. The van der Waals surface area contributed by atoms with Crippen molar-refractivity contribution in [1.82, 2.24) is 4.90 Å². The average Bonchev–Trinajstić information content (AvgIpc) is 2.51. The van der Waals surface area contributed by atoms with Crippen LogP contribution in [-0.4, -0.2) is 30.0 Å². The summed E-state index contributed by atoms with van der Waals surface area (Å²) in [5.41, 5.74) is 1.01. The van der Waals surface area contributed by atoms with Crippen LogP contribution in [0.15, 0.2) is 48.5 Å². The molecule has 2 aromatic carbocycles. The van der Waals surface area contributed by atoms with Gasteiger partial charge in [-0.3, -0.25) is 4.79 Å². The van der Waals surface area contributed by atoms with Crippen molar-refractivity contribution in [2.45, 2.75) is 6.10 Å². The topological polar surface area (TPSA) is 53.3 Å². The molecule has 0 aromatic heterocycles. The lowest BCUT2D eigenvalue weighted by Gasteiger charge is -2.39. The molecule has 1 aliphatic rings. The molecule has 0 atom stereocenters. The third-order valence-corrected chi connectivity index (χ3v) is 3.82. The van der Waals surface area contributed by atoms with Crippen LogP contribution in [0.2, 0.25) is 5.02 Å². The van der Waals surface area contributed by atoms with Crippen molar-refractivity contribution >= 4 is 17.5 Å². The fourth-order valence-electron chi connectivity index (χ4n) is 2.30. The van der Waals surface area contributed by atoms with Gasteiger partial charge in [0, 0.05) is 5.56 Å². The summed E-state index contributed by atoms with van der Waals surface area (Å²) in [5, 5.41) is 9.44. The van der Waals surface area contributed by atoms with E-state index < -0.39 is 0 Å². The molecule has 5 heteroatoms. The van der Waals surface area contributed by atoms with E-state index in [1.807, 2.05) is 24.3 Å². The predicted molar refractivity (Wildman–Crippen MR) is 82.9 cm³/mol. The lowest BCUT2D eigenvalue weighted by atomic mass is 10.1. The molecule has 2 aromatic rings. The van der Waals surface area contributed by atoms with Gasteiger partial charge in [-0.1, -0.05) is 29.8 Å². The van der Waals surface area contributed by atoms with Gasteiger partial charge in [0.05, 0.1) is 29.7 Å². The highest BCUT2D eigenvalue weighted by Gasteiger charge is 2.33. The maximum absolute atomic E-state index is 12.3. The molecule has 110 valence electrons. The highest BCUT2D eigenvalue weighted by atomic mass is 35.5. The van der Waals surface area contributed by atoms with Crippen molar-refractivity contribution in [2.24, 2.45) is 0 Å². The Morgan fingerprint density at radius 1 is 1.23 bits per heavy atom. The number of carbonyl (C=O) groups is 1. The first-order valence-electron chi connectivity index (χ1n) is 6.88. The molecule has 1 heterocycles. The number of hydrogen-bond acceptors (Lipinski definition) is 3. The van der Waals surface area contributed by atoms with Crippen LogP contribution < -0.4 is 4.74 Å². The molecule has 0 aliphatic carbocycles. The summed E-state index contributed by atoms with van der Waals surface area (Å²) in [7, 11) is 0. The van der Waals surface area contributed by atoms with Crippen LogP contribution in [0, 0.1) is 11.3 Å². The van der Waals surface area contributed by atoms with Gasteiger partial charge in [0.1, 0.15) is 11.9 Å². The van der Waals surface area contributed by atoms with Gasteiger partial charge in [-0.25, -0.2) is 0 Å². The predicted octanol–water partition coefficient (Wildman–Crippen LogP) is 3.12. The zero-order valence-electron chi connectivity index (χ0n) is 11.7. The van der Waals surface area contributed by atoms with E-state index in [1.165, 1.54) is 0 Å². The maximum Gasteiger partial charge on any atom is 0.254 e. The first kappa shape index (κ1) is 14.4. The minimum Gasteiger partial charge on any atom is -0.485 e. The standard InChI is InChI=1S/C17H13ClN2O2/c18-15-6-1-2-7-16(15)22-14-10-20(11-14)17(21)13-5-3-4-12(8-13)9-19/h1-8,14H,10-11H2. The number of rotatable bonds is 3. The van der Waals surface area contributed by atoms with E-state index in [0.29, 0.717) is 35.0 Å². The lowest BCUT2D eigenvalue weighted by Crippen LogP contribution is -2.56. The van der Waals surface area contributed by atoms with Crippen LogP contribution in [0.3, 0.4) is 0 Å². The second kappa shape index (κ2) is 6.08. The van der Waals surface area contributed by atoms with Gasteiger partial charge in [0.25, 0.3) is 5.91 Å². The van der Waals surface area contributed by atoms with E-state index in [-0.39, 0.29) is 12.0 Å². The second-order valence-electron chi connectivity index (χ2n) is 5.07. The Bertz CT molecular complexity index is 748. The zero-order chi connectivity index (χ0) is 15.5. The van der Waals surface area contributed by atoms with E-state index in [0.717, 1.165) is 0 Å². The number of halogens is 1. The second-order valence-corrected chi connectivity index (χ2v) is 5.48. The van der Waals surface area contributed by atoms with Crippen LogP contribution in [0.25, 0.3) is 0 Å². The third-order valence-electron chi connectivity index (χ3n) is 3.50. The van der Waals surface area contributed by atoms with Crippen molar-refractivity contribution in [3.05, 3.63) is 64.7 Å². The Kier molecular flexibility index (Phi) is 3.99. The Hall–Kier alpha value is -2.51. The van der Waals surface area contributed by atoms with Crippen molar-refractivity contribution in [3.63, 3.8) is 0 Å². The fourth-order valence-corrected chi connectivity index (χ4v) is 2.48. The highest BCUT2D eigenvalue weighted by molar-refractivity contribution is 6.32. The van der Waals surface area contributed by atoms with E-state index in [2.05, 4.69) is 0 Å². The van der Waals surface area contributed by atoms with Gasteiger partial charge >= 0.3 is 0 Å². The first-order chi connectivity index (χ1) is 10.7. The van der Waals surface area contributed by atoms with Crippen molar-refractivity contribution in [2.75, 3.05) is 13.1 Å². The molecule has 0 saturated carbocycles. The van der Waals surface area contributed by atoms with Gasteiger partial charge in [-0.15, -0.1) is 0 Å². The molecule has 0 radical (unpaired) electrons. The van der Waals surface area contributed by atoms with Crippen LogP contribution in [0.1, 0.15) is 15.9 Å². The molecule has 0 unspecified atom stereocenters. The largest absolute Gasteiger partial charge is 0.485 e. The molecule has 22 heavy (non-hydrogen) atoms. The van der Waals surface area contributed by atoms with Crippen molar-refractivity contribution < 1.29 is 9.53 Å². The molecular weight excluding hydrogens is 300 g/mol. The number of benzene rings is 2. The van der Waals surface area contributed by atoms with Gasteiger partial charge in [0.15, 0.2) is 0 Å². The maximum atomic E-state index is 12.3. The van der Waals surface area contributed by atoms with Gasteiger partial charge in [-0.05, 0) is 30.3 Å². The van der Waals surface area contributed by atoms with Gasteiger partial charge < -0.3 is 9.64 Å². The molecule has 3 rings (SSSR count). The number of nitrogens with zero attached hydrogens (tertiary/aromatic N) is 2. The summed E-state index contributed by atoms with van der Waals surface area (Å²) in [4.78, 5) is 14.0. The Balaban J connectivity index is 1.60. The molecular formula is C17H13ClN2O2. The summed E-state index contributed by atoms with van der Waals surface area (Å²) in [6.45, 7) is 1.03. The number of hydrogen-bond donors (Lipinski definition) is 0. The Morgan fingerprint density at radius 2 is 2.00 bits per heavy atom. The van der Waals surface area contributed by atoms with Crippen LogP contribution in [0.4, 0.5) is 0 Å². The summed E-state index contributed by atoms with van der Waals surface area (Å²) in [6.07, 6.45) is -0.0528. The number of likely N-dealkylation sites (tertiary alicyclic amines) is 1. The SMILES string of the molecule is N#Cc1cccc(C(=O)N2CC(Oc3ccccc3Cl)C2)c1. The van der Waals surface area contributed by atoms with Gasteiger partial charge in [-0.2, -0.15) is 5.26 Å². The van der Waals surface area contributed by atoms with Crippen LogP contribution >= 0.6 is 11.6 Å². The summed E-state index contributed by atoms with van der Waals surface area (Å²) in [5.74, 6) is 0.545. The Morgan fingerprint density at radius 3 is 2.73 bits per heavy atom. The van der Waals surface area contributed by atoms with Crippen molar-refractivity contribution in [3.8, 4) is 11.8 Å². The third kappa shape index (κ3) is 2.90. The first-order valence-corrected chi connectivity index (χ1v) is 7.26. The number of amides is 1. The van der Waals surface area contributed by atoms with Crippen molar-refractivity contribution in [1.29, 1.82) is 5.26 Å². The minimum atomic E-state index is -0.0869. The average molecular weight is 313 g/mol. The van der Waals surface area contributed by atoms with E-state index in [9.17, 15) is 4.79 Å². The normalized spacial score (nSPS) is 14.1. The van der Waals surface area contributed by atoms with Crippen LogP contribution in [0.5, 0.6) is 5.75 Å². The quantitative estimate of drug-likeness (QED) is 0.875. The van der Waals surface area contributed by atoms with E-state index >= 15 is 0 Å². The highest BCUT2D eigenvalue weighted by Crippen LogP contribution is 2.27. The number of carbonyl (C=O) groups excluding carboxylic acids is 1. The molecule has 1 saturated heterocycles. The van der Waals surface area contributed by atoms with Crippen LogP contribution in [-0.2, 0) is 0 Å². The zero-order valence-corrected chi connectivity index (χ0v) is 12.5. The molecule has 0 N–H and O–H groups in total. The number of nitriles is 1. The summed E-state index contributed by atoms with van der Waals surface area (Å²) < 4.78 is 5.76. The number of para-hydroxylation sites is 1. The minimum absolute atomic E-state index is 0.0528. The summed E-state index contributed by atoms with van der Waals surface area (Å²) >= 11 is 6.04. The molecule has 0 spiro atoms. The molecule has 4 nitrogen and oxygen atoms in total. The van der Waals surface area contributed by atoms with E-state index in [4.69, 9.17) is 21.6 Å². The molecule has 0 bridgehead atoms. The summed E-state index contributed by atoms with van der Waals surface area (Å²) in [6, 6.07) is 16.0. The monoisotopic (exact) mass is 312 g/mol. The van der Waals surface area contributed by atoms with Gasteiger partial charge in [0.2, 0.25) is 0 Å². The molecule has 1 fully saturated rings. The molecule has 1 amide bonds. The molecule has 1 aliphatic heterocycles. The van der Waals surface area contributed by atoms with E-state index in [1.54, 1.807) is 35.2 Å². The lowest BCUT2D eigenvalue weighted by molar-refractivity contribution is 0.0178. The number of ether oxygens (including phenoxy) is 1. The smallest absolute Gasteiger partial charge is 0.254 e. The Labute approximate surface area is 133 Å².